The van der Waals surface area contributed by atoms with Crippen molar-refractivity contribution in [1.82, 2.24) is 10.2 Å². The van der Waals surface area contributed by atoms with Crippen molar-refractivity contribution < 1.29 is 4.79 Å². The molecule has 0 bridgehead atoms. The van der Waals surface area contributed by atoms with E-state index in [1.54, 1.807) is 0 Å². The van der Waals surface area contributed by atoms with Crippen LogP contribution in [-0.2, 0) is 4.79 Å². The van der Waals surface area contributed by atoms with Gasteiger partial charge in [-0.1, -0.05) is 32.6 Å². The maximum Gasteiger partial charge on any atom is 0.244 e. The quantitative estimate of drug-likeness (QED) is 0.860. The van der Waals surface area contributed by atoms with E-state index in [9.17, 15) is 4.79 Å². The summed E-state index contributed by atoms with van der Waals surface area (Å²) in [6.07, 6.45) is 14.5. The van der Waals surface area contributed by atoms with Gasteiger partial charge >= 0.3 is 0 Å². The molecule has 0 aromatic rings. The van der Waals surface area contributed by atoms with Crippen molar-refractivity contribution in [3.05, 3.63) is 0 Å². The molecule has 4 aliphatic rings. The van der Waals surface area contributed by atoms with Crippen molar-refractivity contribution in [3.63, 3.8) is 0 Å². The summed E-state index contributed by atoms with van der Waals surface area (Å²) in [5.41, 5.74) is 0.301. The molecule has 1 amide bonds. The lowest BCUT2D eigenvalue weighted by molar-refractivity contribution is -0.133. The van der Waals surface area contributed by atoms with Crippen LogP contribution in [0.5, 0.6) is 0 Å². The van der Waals surface area contributed by atoms with E-state index in [0.717, 1.165) is 19.4 Å². The molecular formula is C18H30N2O. The minimum atomic E-state index is -0.124. The molecule has 4 rings (SSSR count). The fourth-order valence-electron chi connectivity index (χ4n) is 5.23. The molecule has 1 N–H and O–H groups in total. The van der Waals surface area contributed by atoms with Gasteiger partial charge in [0.1, 0.15) is 0 Å². The number of nitrogens with one attached hydrogen (secondary N) is 1. The van der Waals surface area contributed by atoms with Crippen LogP contribution in [0.4, 0.5) is 0 Å². The first-order valence-electron chi connectivity index (χ1n) is 9.27. The number of nitrogens with zero attached hydrogens (tertiary/aromatic N) is 1. The number of carbonyl (C=O) groups is 1. The summed E-state index contributed by atoms with van der Waals surface area (Å²) in [5.74, 6) is 1.16. The molecule has 4 fully saturated rings. The van der Waals surface area contributed by atoms with Gasteiger partial charge in [0.2, 0.25) is 5.91 Å². The van der Waals surface area contributed by atoms with Crippen LogP contribution in [0.15, 0.2) is 0 Å². The molecule has 0 aromatic heterocycles. The molecule has 0 radical (unpaired) electrons. The normalized spacial score (nSPS) is 34.2. The number of hydrogen-bond acceptors (Lipinski definition) is 2. The lowest BCUT2D eigenvalue weighted by Gasteiger charge is -2.37. The Morgan fingerprint density at radius 3 is 2.33 bits per heavy atom. The molecule has 3 nitrogen and oxygen atoms in total. The largest absolute Gasteiger partial charge is 0.325 e. The molecule has 1 heterocycles. The van der Waals surface area contributed by atoms with Crippen LogP contribution in [0.2, 0.25) is 0 Å². The Morgan fingerprint density at radius 1 is 1.10 bits per heavy atom. The average molecular weight is 290 g/mol. The number of hydrogen-bond donors (Lipinski definition) is 1. The Bertz CT molecular complexity index is 417. The third kappa shape index (κ3) is 2.23. The Hall–Kier alpha value is -0.570. The molecule has 0 aromatic carbocycles. The lowest BCUT2D eigenvalue weighted by atomic mass is 9.82. The van der Waals surface area contributed by atoms with E-state index in [-0.39, 0.29) is 5.54 Å². The van der Waals surface area contributed by atoms with Crippen LogP contribution in [0.25, 0.3) is 0 Å². The number of amides is 1. The second-order valence-electron chi connectivity index (χ2n) is 8.21. The van der Waals surface area contributed by atoms with E-state index < -0.39 is 0 Å². The third-order valence-corrected chi connectivity index (χ3v) is 6.95. The van der Waals surface area contributed by atoms with E-state index in [1.165, 1.54) is 57.8 Å². The van der Waals surface area contributed by atoms with Crippen LogP contribution in [0.3, 0.4) is 0 Å². The van der Waals surface area contributed by atoms with Gasteiger partial charge in [0.05, 0.1) is 11.7 Å². The Morgan fingerprint density at radius 2 is 1.76 bits per heavy atom. The highest BCUT2D eigenvalue weighted by Crippen LogP contribution is 2.48. The van der Waals surface area contributed by atoms with Crippen molar-refractivity contribution in [2.24, 2.45) is 11.3 Å². The average Bonchev–Trinajstić information content (AvgIpc) is 2.88. The summed E-state index contributed by atoms with van der Waals surface area (Å²) in [4.78, 5) is 15.3. The molecule has 3 heteroatoms. The first kappa shape index (κ1) is 14.0. The molecule has 1 aliphatic heterocycles. The van der Waals surface area contributed by atoms with Gasteiger partial charge in [-0.25, -0.2) is 0 Å². The fourth-order valence-corrected chi connectivity index (χ4v) is 5.23. The van der Waals surface area contributed by atoms with E-state index in [2.05, 4.69) is 17.1 Å². The highest BCUT2D eigenvalue weighted by Gasteiger charge is 2.61. The van der Waals surface area contributed by atoms with E-state index >= 15 is 0 Å². The number of rotatable bonds is 4. The summed E-state index contributed by atoms with van der Waals surface area (Å²) in [6, 6.07) is 0. The van der Waals surface area contributed by atoms with Gasteiger partial charge in [-0.2, -0.15) is 0 Å². The summed E-state index contributed by atoms with van der Waals surface area (Å²) in [6.45, 7) is 3.36. The molecule has 1 spiro atoms. The highest BCUT2D eigenvalue weighted by atomic mass is 16.2. The molecule has 3 saturated carbocycles. The van der Waals surface area contributed by atoms with E-state index in [4.69, 9.17) is 0 Å². The van der Waals surface area contributed by atoms with E-state index in [0.29, 0.717) is 23.4 Å². The molecular weight excluding hydrogens is 260 g/mol. The minimum absolute atomic E-state index is 0.124. The second kappa shape index (κ2) is 4.97. The molecule has 118 valence electrons. The summed E-state index contributed by atoms with van der Waals surface area (Å²) < 4.78 is 0. The van der Waals surface area contributed by atoms with Gasteiger partial charge in [0, 0.05) is 6.54 Å². The van der Waals surface area contributed by atoms with Gasteiger partial charge in [-0.05, 0) is 56.3 Å². The Labute approximate surface area is 128 Å². The molecule has 1 saturated heterocycles. The predicted octanol–water partition coefficient (Wildman–Crippen LogP) is 3.44. The lowest BCUT2D eigenvalue weighted by Crippen LogP contribution is -2.47. The Kier molecular flexibility index (Phi) is 3.33. The standard InChI is InChI=1S/C18H30N2O/c1-2-17(9-5-6-10-17)13-20-15(14-7-3-4-8-14)19-18(11-12-18)16(20)21/h14-15,19H,2-13H2,1H3. The van der Waals surface area contributed by atoms with Crippen LogP contribution < -0.4 is 5.32 Å². The first-order chi connectivity index (χ1) is 10.2. The van der Waals surface area contributed by atoms with Gasteiger partial charge in [-0.15, -0.1) is 0 Å². The molecule has 1 atom stereocenters. The van der Waals surface area contributed by atoms with Crippen LogP contribution >= 0.6 is 0 Å². The predicted molar refractivity (Wildman–Crippen MR) is 83.8 cm³/mol. The van der Waals surface area contributed by atoms with Crippen LogP contribution in [0, 0.1) is 11.3 Å². The van der Waals surface area contributed by atoms with Gasteiger partial charge in [0.15, 0.2) is 0 Å². The number of carbonyl (C=O) groups excluding carboxylic acids is 1. The van der Waals surface area contributed by atoms with Crippen molar-refractivity contribution in [1.29, 1.82) is 0 Å². The molecule has 1 unspecified atom stereocenters. The summed E-state index contributed by atoms with van der Waals surface area (Å²) >= 11 is 0. The van der Waals surface area contributed by atoms with Gasteiger partial charge in [-0.3, -0.25) is 10.1 Å². The third-order valence-electron chi connectivity index (χ3n) is 6.95. The maximum absolute atomic E-state index is 13.0. The minimum Gasteiger partial charge on any atom is -0.325 e. The smallest absolute Gasteiger partial charge is 0.244 e. The zero-order valence-corrected chi connectivity index (χ0v) is 13.5. The van der Waals surface area contributed by atoms with Crippen molar-refractivity contribution in [3.8, 4) is 0 Å². The van der Waals surface area contributed by atoms with Gasteiger partial charge in [0.25, 0.3) is 0 Å². The monoisotopic (exact) mass is 290 g/mol. The maximum atomic E-state index is 13.0. The topological polar surface area (TPSA) is 32.3 Å². The van der Waals surface area contributed by atoms with Crippen LogP contribution in [0.1, 0.15) is 77.6 Å². The van der Waals surface area contributed by atoms with Crippen LogP contribution in [-0.4, -0.2) is 29.1 Å². The van der Waals surface area contributed by atoms with Crippen molar-refractivity contribution in [2.45, 2.75) is 89.3 Å². The molecule has 3 aliphatic carbocycles. The first-order valence-corrected chi connectivity index (χ1v) is 9.27. The van der Waals surface area contributed by atoms with Gasteiger partial charge < -0.3 is 4.90 Å². The summed E-state index contributed by atoms with van der Waals surface area (Å²) in [7, 11) is 0. The SMILES string of the molecule is CCC1(CN2C(=O)C3(CC3)NC2C2CCCC2)CCCC1. The zero-order chi connectivity index (χ0) is 14.5. The Balaban J connectivity index is 1.56. The zero-order valence-electron chi connectivity index (χ0n) is 13.5. The second-order valence-corrected chi connectivity index (χ2v) is 8.21. The highest BCUT2D eigenvalue weighted by molar-refractivity contribution is 5.91. The molecule has 21 heavy (non-hydrogen) atoms. The summed E-state index contributed by atoms with van der Waals surface area (Å²) in [5, 5.41) is 3.77. The van der Waals surface area contributed by atoms with Crippen molar-refractivity contribution in [2.75, 3.05) is 6.54 Å². The van der Waals surface area contributed by atoms with E-state index in [1.807, 2.05) is 0 Å². The fraction of sp³-hybridized carbons (Fsp3) is 0.944. The van der Waals surface area contributed by atoms with Crippen molar-refractivity contribution >= 4 is 5.91 Å².